The van der Waals surface area contributed by atoms with Crippen molar-refractivity contribution in [3.8, 4) is 0 Å². The van der Waals surface area contributed by atoms with Gasteiger partial charge in [-0.15, -0.1) is 11.3 Å². The maximum absolute atomic E-state index is 11.3. The number of hydrogen-bond donors (Lipinski definition) is 0. The van der Waals surface area contributed by atoms with Gasteiger partial charge in [0.25, 0.3) is 0 Å². The minimum atomic E-state index is 0.559. The summed E-state index contributed by atoms with van der Waals surface area (Å²) in [6, 6.07) is 0.559. The Morgan fingerprint density at radius 1 is 1.63 bits per heavy atom. The summed E-state index contributed by atoms with van der Waals surface area (Å²) in [6.07, 6.45) is 5.28. The molecule has 19 heavy (non-hydrogen) atoms. The molecule has 0 spiro atoms. The van der Waals surface area contributed by atoms with E-state index in [2.05, 4.69) is 21.8 Å². The van der Waals surface area contributed by atoms with Crippen molar-refractivity contribution >= 4 is 28.4 Å². The summed E-state index contributed by atoms with van der Waals surface area (Å²) in [6.45, 7) is 2.08. The predicted molar refractivity (Wildman–Crippen MR) is 77.4 cm³/mol. The zero-order chi connectivity index (χ0) is 13.4. The van der Waals surface area contributed by atoms with Gasteiger partial charge in [-0.3, -0.25) is 9.20 Å². The van der Waals surface area contributed by atoms with Gasteiger partial charge in [0, 0.05) is 31.2 Å². The molecule has 2 aromatic heterocycles. The number of aldehydes is 1. The van der Waals surface area contributed by atoms with Crippen LogP contribution in [0.5, 0.6) is 0 Å². The number of carbonyl (C=O) groups is 1. The Hall–Kier alpha value is -1.40. The van der Waals surface area contributed by atoms with Gasteiger partial charge in [-0.1, -0.05) is 0 Å². The molecule has 6 heteroatoms. The van der Waals surface area contributed by atoms with Crippen LogP contribution in [0.3, 0.4) is 0 Å². The van der Waals surface area contributed by atoms with Crippen LogP contribution in [0.4, 0.5) is 5.82 Å². The number of imidazole rings is 1. The normalized spacial score (nSPS) is 20.2. The number of carbonyl (C=O) groups excluding carboxylic acids is 1. The summed E-state index contributed by atoms with van der Waals surface area (Å²) < 4.78 is 1.86. The number of likely N-dealkylation sites (N-methyl/N-ethyl adjacent to an activating group) is 2. The number of rotatable bonds is 4. The molecule has 1 fully saturated rings. The highest BCUT2D eigenvalue weighted by molar-refractivity contribution is 7.15. The first-order valence-corrected chi connectivity index (χ1v) is 7.41. The molecule has 0 aliphatic carbocycles. The summed E-state index contributed by atoms with van der Waals surface area (Å²) in [4.78, 5) is 21.3. The maximum Gasteiger partial charge on any atom is 0.196 e. The molecule has 1 saturated heterocycles. The van der Waals surface area contributed by atoms with Crippen LogP contribution in [0.2, 0.25) is 0 Å². The quantitative estimate of drug-likeness (QED) is 0.799. The fourth-order valence-electron chi connectivity index (χ4n) is 2.79. The van der Waals surface area contributed by atoms with Crippen LogP contribution in [0, 0.1) is 0 Å². The second kappa shape index (κ2) is 4.94. The molecule has 5 nitrogen and oxygen atoms in total. The number of anilines is 1. The van der Waals surface area contributed by atoms with Crippen molar-refractivity contribution < 1.29 is 4.79 Å². The third-order valence-electron chi connectivity index (χ3n) is 3.91. The molecule has 0 saturated carbocycles. The van der Waals surface area contributed by atoms with Gasteiger partial charge in [-0.25, -0.2) is 4.98 Å². The molecular weight excluding hydrogens is 260 g/mol. The van der Waals surface area contributed by atoms with Gasteiger partial charge in [-0.2, -0.15) is 0 Å². The minimum absolute atomic E-state index is 0.559. The molecular formula is C13H18N4OS. The van der Waals surface area contributed by atoms with E-state index >= 15 is 0 Å². The van der Waals surface area contributed by atoms with Gasteiger partial charge >= 0.3 is 0 Å². The Kier molecular flexibility index (Phi) is 3.28. The van der Waals surface area contributed by atoms with E-state index in [1.165, 1.54) is 12.8 Å². The monoisotopic (exact) mass is 278 g/mol. The lowest BCUT2D eigenvalue weighted by molar-refractivity contribution is 0.111. The predicted octanol–water partition coefficient (Wildman–Crippen LogP) is 1.74. The third kappa shape index (κ3) is 2.15. The standard InChI is InChI=1S/C13H18N4OS/c1-15-5-3-4-10(15)8-16(2)12-11(9-18)17-6-7-19-13(17)14-12/h6-7,9-10H,3-5,8H2,1-2H3. The first-order valence-electron chi connectivity index (χ1n) is 6.53. The lowest BCUT2D eigenvalue weighted by Crippen LogP contribution is -2.37. The third-order valence-corrected chi connectivity index (χ3v) is 4.67. The van der Waals surface area contributed by atoms with Gasteiger partial charge < -0.3 is 9.80 Å². The van der Waals surface area contributed by atoms with Crippen LogP contribution in [0.1, 0.15) is 23.3 Å². The molecule has 1 atom stereocenters. The van der Waals surface area contributed by atoms with E-state index < -0.39 is 0 Å². The Labute approximate surface area is 116 Å². The van der Waals surface area contributed by atoms with E-state index in [9.17, 15) is 4.79 Å². The van der Waals surface area contributed by atoms with Crippen LogP contribution >= 0.6 is 11.3 Å². The van der Waals surface area contributed by atoms with Crippen LogP contribution in [-0.4, -0.2) is 53.8 Å². The second-order valence-electron chi connectivity index (χ2n) is 5.15. The van der Waals surface area contributed by atoms with E-state index in [4.69, 9.17) is 0 Å². The second-order valence-corrected chi connectivity index (χ2v) is 6.02. The highest BCUT2D eigenvalue weighted by Crippen LogP contribution is 2.24. The molecule has 3 rings (SSSR count). The van der Waals surface area contributed by atoms with Crippen molar-refractivity contribution in [1.29, 1.82) is 0 Å². The van der Waals surface area contributed by atoms with Crippen LogP contribution < -0.4 is 4.90 Å². The molecule has 0 bridgehead atoms. The average Bonchev–Trinajstić information content (AvgIpc) is 3.05. The van der Waals surface area contributed by atoms with Crippen molar-refractivity contribution in [1.82, 2.24) is 14.3 Å². The first-order chi connectivity index (χ1) is 9.20. The van der Waals surface area contributed by atoms with Crippen molar-refractivity contribution in [2.45, 2.75) is 18.9 Å². The average molecular weight is 278 g/mol. The summed E-state index contributed by atoms with van der Waals surface area (Å²) in [5.41, 5.74) is 0.652. The van der Waals surface area contributed by atoms with Crippen LogP contribution in [-0.2, 0) is 0 Å². The van der Waals surface area contributed by atoms with Crippen LogP contribution in [0.15, 0.2) is 11.6 Å². The highest BCUT2D eigenvalue weighted by atomic mass is 32.1. The molecule has 0 aromatic carbocycles. The van der Waals surface area contributed by atoms with Gasteiger partial charge in [0.2, 0.25) is 0 Å². The molecule has 2 aromatic rings. The van der Waals surface area contributed by atoms with Gasteiger partial charge in [0.15, 0.2) is 17.1 Å². The van der Waals surface area contributed by atoms with E-state index in [0.29, 0.717) is 11.7 Å². The molecule has 3 heterocycles. The molecule has 1 unspecified atom stereocenters. The Morgan fingerprint density at radius 2 is 2.47 bits per heavy atom. The van der Waals surface area contributed by atoms with E-state index in [1.54, 1.807) is 11.3 Å². The number of fused-ring (bicyclic) bond motifs is 1. The summed E-state index contributed by atoms with van der Waals surface area (Å²) in [5.74, 6) is 0.794. The molecule has 1 aliphatic rings. The number of aromatic nitrogens is 2. The van der Waals surface area contributed by atoms with E-state index in [0.717, 1.165) is 30.2 Å². The SMILES string of the molecule is CN(CC1CCCN1C)c1nc2sccn2c1C=O. The Balaban J connectivity index is 1.86. The lowest BCUT2D eigenvalue weighted by atomic mass is 10.2. The van der Waals surface area contributed by atoms with Crippen molar-refractivity contribution in [3.63, 3.8) is 0 Å². The highest BCUT2D eigenvalue weighted by Gasteiger charge is 2.24. The fourth-order valence-corrected chi connectivity index (χ4v) is 3.51. The number of hydrogen-bond acceptors (Lipinski definition) is 5. The number of nitrogens with zero attached hydrogens (tertiary/aromatic N) is 4. The van der Waals surface area contributed by atoms with Crippen molar-refractivity contribution in [2.24, 2.45) is 0 Å². The number of likely N-dealkylation sites (tertiary alicyclic amines) is 1. The molecule has 0 radical (unpaired) electrons. The maximum atomic E-state index is 11.3. The van der Waals surface area contributed by atoms with E-state index in [-0.39, 0.29) is 0 Å². The van der Waals surface area contributed by atoms with Crippen LogP contribution in [0.25, 0.3) is 4.96 Å². The van der Waals surface area contributed by atoms with Crippen molar-refractivity contribution in [3.05, 3.63) is 17.3 Å². The molecule has 102 valence electrons. The van der Waals surface area contributed by atoms with Gasteiger partial charge in [0.05, 0.1) is 0 Å². The summed E-state index contributed by atoms with van der Waals surface area (Å²) in [5, 5.41) is 1.95. The van der Waals surface area contributed by atoms with Crippen molar-refractivity contribution in [2.75, 3.05) is 32.1 Å². The summed E-state index contributed by atoms with van der Waals surface area (Å²) >= 11 is 1.55. The molecule has 0 amide bonds. The lowest BCUT2D eigenvalue weighted by Gasteiger charge is -2.26. The zero-order valence-corrected chi connectivity index (χ0v) is 12.1. The number of thiazole rings is 1. The Bertz CT molecular complexity index is 590. The minimum Gasteiger partial charge on any atom is -0.356 e. The Morgan fingerprint density at radius 3 is 3.16 bits per heavy atom. The largest absolute Gasteiger partial charge is 0.356 e. The summed E-state index contributed by atoms with van der Waals surface area (Å²) in [7, 11) is 4.18. The fraction of sp³-hybridized carbons (Fsp3) is 0.538. The first kappa shape index (κ1) is 12.6. The topological polar surface area (TPSA) is 40.9 Å². The van der Waals surface area contributed by atoms with Gasteiger partial charge in [0.1, 0.15) is 5.69 Å². The zero-order valence-electron chi connectivity index (χ0n) is 11.2. The van der Waals surface area contributed by atoms with E-state index in [1.807, 2.05) is 23.0 Å². The molecule has 1 aliphatic heterocycles. The van der Waals surface area contributed by atoms with Gasteiger partial charge in [-0.05, 0) is 26.4 Å². The smallest absolute Gasteiger partial charge is 0.196 e. The molecule has 0 N–H and O–H groups in total.